The Hall–Kier alpha value is -2.94. The van der Waals surface area contributed by atoms with Crippen LogP contribution in [-0.2, 0) is 11.3 Å². The third-order valence-electron chi connectivity index (χ3n) is 5.23. The van der Waals surface area contributed by atoms with Gasteiger partial charge in [-0.25, -0.2) is 4.98 Å². The average molecular weight is 414 g/mol. The molecule has 4 heterocycles. The first kappa shape index (κ1) is 19.4. The summed E-state index contributed by atoms with van der Waals surface area (Å²) >= 11 is 1.47. The van der Waals surface area contributed by atoms with Gasteiger partial charge < -0.3 is 19.7 Å². The van der Waals surface area contributed by atoms with Gasteiger partial charge in [0.05, 0.1) is 17.0 Å². The van der Waals surface area contributed by atoms with Crippen LogP contribution in [0.1, 0.15) is 41.1 Å². The molecule has 3 aromatic heterocycles. The number of amides is 2. The summed E-state index contributed by atoms with van der Waals surface area (Å²) in [5.41, 5.74) is 9.17. The van der Waals surface area contributed by atoms with E-state index in [0.29, 0.717) is 30.8 Å². The summed E-state index contributed by atoms with van der Waals surface area (Å²) in [6.45, 7) is 5.94. The van der Waals surface area contributed by atoms with Gasteiger partial charge in [-0.3, -0.25) is 9.59 Å². The zero-order chi connectivity index (χ0) is 20.5. The number of nitrogens with zero attached hydrogens (tertiary/aromatic N) is 4. The Labute approximate surface area is 172 Å². The van der Waals surface area contributed by atoms with Gasteiger partial charge in [0, 0.05) is 43.2 Å². The predicted molar refractivity (Wildman–Crippen MR) is 109 cm³/mol. The van der Waals surface area contributed by atoms with Crippen molar-refractivity contribution < 1.29 is 14.1 Å². The number of hydrogen-bond acceptors (Lipinski definition) is 6. The summed E-state index contributed by atoms with van der Waals surface area (Å²) in [6.07, 6.45) is 2.37. The maximum atomic E-state index is 11.9. The molecular formula is C20H23N5O3S. The van der Waals surface area contributed by atoms with Crippen molar-refractivity contribution in [3.8, 4) is 22.1 Å². The number of rotatable bonds is 7. The summed E-state index contributed by atoms with van der Waals surface area (Å²) in [6, 6.07) is 3.64. The Morgan fingerprint density at radius 1 is 1.28 bits per heavy atom. The lowest BCUT2D eigenvalue weighted by Gasteiger charge is -2.17. The molecule has 0 unspecified atom stereocenters. The van der Waals surface area contributed by atoms with Gasteiger partial charge >= 0.3 is 0 Å². The van der Waals surface area contributed by atoms with E-state index in [-0.39, 0.29) is 5.91 Å². The third kappa shape index (κ3) is 3.82. The summed E-state index contributed by atoms with van der Waals surface area (Å²) < 4.78 is 7.20. The van der Waals surface area contributed by atoms with E-state index in [9.17, 15) is 9.59 Å². The number of aryl methyl sites for hydroxylation is 1. The Balaban J connectivity index is 1.60. The van der Waals surface area contributed by atoms with Crippen LogP contribution >= 0.6 is 11.3 Å². The van der Waals surface area contributed by atoms with Crippen molar-refractivity contribution in [1.82, 2.24) is 19.6 Å². The highest BCUT2D eigenvalue weighted by molar-refractivity contribution is 7.13. The van der Waals surface area contributed by atoms with E-state index < -0.39 is 5.91 Å². The van der Waals surface area contributed by atoms with Crippen molar-refractivity contribution in [2.45, 2.75) is 39.7 Å². The SMILES string of the molecule is Cc1cc(-c2nc(-c3cc(C(N)=O)c(C)n3CCCN3CCCC3=O)cs2)no1. The normalized spacial score (nSPS) is 14.1. The van der Waals surface area contributed by atoms with E-state index in [1.807, 2.05) is 30.2 Å². The van der Waals surface area contributed by atoms with Gasteiger partial charge in [0.25, 0.3) is 5.91 Å². The number of carbonyl (C=O) groups excluding carboxylic acids is 2. The molecule has 0 saturated carbocycles. The number of hydrogen-bond donors (Lipinski definition) is 1. The van der Waals surface area contributed by atoms with Crippen LogP contribution in [0.4, 0.5) is 0 Å². The molecule has 1 fully saturated rings. The minimum atomic E-state index is -0.459. The van der Waals surface area contributed by atoms with Crippen LogP contribution in [0.5, 0.6) is 0 Å². The molecular weight excluding hydrogens is 390 g/mol. The predicted octanol–water partition coefficient (Wildman–Crippen LogP) is 2.99. The molecule has 3 aromatic rings. The Morgan fingerprint density at radius 2 is 2.10 bits per heavy atom. The molecule has 0 aromatic carbocycles. The van der Waals surface area contributed by atoms with Gasteiger partial charge in [0.1, 0.15) is 16.5 Å². The molecule has 8 nitrogen and oxygen atoms in total. The molecule has 0 radical (unpaired) electrons. The van der Waals surface area contributed by atoms with Crippen molar-refractivity contribution in [1.29, 1.82) is 0 Å². The Morgan fingerprint density at radius 3 is 2.76 bits per heavy atom. The van der Waals surface area contributed by atoms with Crippen molar-refractivity contribution in [2.75, 3.05) is 13.1 Å². The number of thiazole rings is 1. The van der Waals surface area contributed by atoms with Crippen LogP contribution in [0.15, 0.2) is 22.0 Å². The first-order chi connectivity index (χ1) is 13.9. The number of carbonyl (C=O) groups is 2. The van der Waals surface area contributed by atoms with E-state index in [4.69, 9.17) is 15.2 Å². The third-order valence-corrected chi connectivity index (χ3v) is 6.09. The fraction of sp³-hybridized carbons (Fsp3) is 0.400. The lowest BCUT2D eigenvalue weighted by molar-refractivity contribution is -0.127. The molecule has 152 valence electrons. The van der Waals surface area contributed by atoms with Gasteiger partial charge in [-0.05, 0) is 32.8 Å². The van der Waals surface area contributed by atoms with E-state index >= 15 is 0 Å². The van der Waals surface area contributed by atoms with Gasteiger partial charge in [-0.1, -0.05) is 5.16 Å². The maximum Gasteiger partial charge on any atom is 0.250 e. The molecule has 0 aliphatic carbocycles. The second-order valence-corrected chi connectivity index (χ2v) is 8.10. The highest BCUT2D eigenvalue weighted by atomic mass is 32.1. The fourth-order valence-corrected chi connectivity index (χ4v) is 4.50. The summed E-state index contributed by atoms with van der Waals surface area (Å²) in [5.74, 6) is 0.488. The molecule has 1 aliphatic rings. The zero-order valence-electron chi connectivity index (χ0n) is 16.5. The van der Waals surface area contributed by atoms with E-state index in [0.717, 1.165) is 47.2 Å². The first-order valence-electron chi connectivity index (χ1n) is 9.61. The number of aromatic nitrogens is 3. The van der Waals surface area contributed by atoms with E-state index in [2.05, 4.69) is 9.72 Å². The van der Waals surface area contributed by atoms with Crippen molar-refractivity contribution in [3.05, 3.63) is 34.5 Å². The molecule has 0 spiro atoms. The van der Waals surface area contributed by atoms with Gasteiger partial charge in [-0.2, -0.15) is 0 Å². The average Bonchev–Trinajstić information content (AvgIpc) is 3.44. The monoisotopic (exact) mass is 413 g/mol. The van der Waals surface area contributed by atoms with Crippen LogP contribution in [0, 0.1) is 13.8 Å². The summed E-state index contributed by atoms with van der Waals surface area (Å²) in [4.78, 5) is 30.3. The molecule has 2 N–H and O–H groups in total. The van der Waals surface area contributed by atoms with E-state index in [1.165, 1.54) is 11.3 Å². The van der Waals surface area contributed by atoms with Gasteiger partial charge in [0.2, 0.25) is 5.91 Å². The lowest BCUT2D eigenvalue weighted by atomic mass is 10.2. The molecule has 9 heteroatoms. The molecule has 1 saturated heterocycles. The van der Waals surface area contributed by atoms with Crippen LogP contribution in [0.3, 0.4) is 0 Å². The lowest BCUT2D eigenvalue weighted by Crippen LogP contribution is -2.26. The van der Waals surface area contributed by atoms with Crippen molar-refractivity contribution >= 4 is 23.2 Å². The minimum absolute atomic E-state index is 0.222. The highest BCUT2D eigenvalue weighted by Crippen LogP contribution is 2.31. The Kier molecular flexibility index (Phi) is 5.23. The molecule has 29 heavy (non-hydrogen) atoms. The largest absolute Gasteiger partial charge is 0.366 e. The standard InChI is InChI=1S/C20H23N5O3S/c1-12-9-15(23-28-12)20-22-16(11-29-20)17-10-14(19(21)27)13(2)25(17)8-4-7-24-6-3-5-18(24)26/h9-11H,3-8H2,1-2H3,(H2,21,27). The second kappa shape index (κ2) is 7.82. The van der Waals surface area contributed by atoms with Crippen molar-refractivity contribution in [3.63, 3.8) is 0 Å². The minimum Gasteiger partial charge on any atom is -0.366 e. The molecule has 0 atom stereocenters. The van der Waals surface area contributed by atoms with Crippen LogP contribution in [0.2, 0.25) is 0 Å². The van der Waals surface area contributed by atoms with Crippen LogP contribution < -0.4 is 5.73 Å². The first-order valence-corrected chi connectivity index (χ1v) is 10.5. The van der Waals surface area contributed by atoms with Crippen molar-refractivity contribution in [2.24, 2.45) is 5.73 Å². The Bertz CT molecular complexity index is 1060. The maximum absolute atomic E-state index is 11.9. The number of likely N-dealkylation sites (tertiary alicyclic amines) is 1. The molecule has 4 rings (SSSR count). The van der Waals surface area contributed by atoms with Crippen LogP contribution in [0.25, 0.3) is 22.1 Å². The number of primary amides is 1. The van der Waals surface area contributed by atoms with Gasteiger partial charge in [-0.15, -0.1) is 11.3 Å². The van der Waals surface area contributed by atoms with Gasteiger partial charge in [0.15, 0.2) is 0 Å². The molecule has 0 bridgehead atoms. The zero-order valence-corrected chi connectivity index (χ0v) is 17.3. The highest BCUT2D eigenvalue weighted by Gasteiger charge is 2.22. The quantitative estimate of drug-likeness (QED) is 0.641. The topological polar surface area (TPSA) is 107 Å². The smallest absolute Gasteiger partial charge is 0.250 e. The summed E-state index contributed by atoms with van der Waals surface area (Å²) in [7, 11) is 0. The molecule has 2 amide bonds. The van der Waals surface area contributed by atoms with E-state index in [1.54, 1.807) is 6.07 Å². The number of nitrogens with two attached hydrogens (primary N) is 1. The van der Waals surface area contributed by atoms with Crippen LogP contribution in [-0.4, -0.2) is 44.5 Å². The summed E-state index contributed by atoms with van der Waals surface area (Å²) in [5, 5.41) is 6.72. The second-order valence-electron chi connectivity index (χ2n) is 7.24. The fourth-order valence-electron chi connectivity index (χ4n) is 3.73. The molecule has 1 aliphatic heterocycles.